The summed E-state index contributed by atoms with van der Waals surface area (Å²) in [7, 11) is 1.51. The summed E-state index contributed by atoms with van der Waals surface area (Å²) in [6.45, 7) is -0.478. The summed E-state index contributed by atoms with van der Waals surface area (Å²) in [6.07, 6.45) is 0.651. The van der Waals surface area contributed by atoms with Gasteiger partial charge in [0, 0.05) is 18.4 Å². The number of carbonyl (C=O) groups is 4. The number of rotatable bonds is 6. The molecule has 0 saturated carbocycles. The van der Waals surface area contributed by atoms with Crippen molar-refractivity contribution < 1.29 is 23.9 Å². The van der Waals surface area contributed by atoms with Crippen LogP contribution < -0.4 is 4.74 Å². The highest BCUT2D eigenvalue weighted by Crippen LogP contribution is 2.22. The van der Waals surface area contributed by atoms with Gasteiger partial charge >= 0.3 is 0 Å². The zero-order chi connectivity index (χ0) is 21.0. The molecule has 1 aliphatic rings. The molecule has 1 fully saturated rings. The Kier molecular flexibility index (Phi) is 6.29. The molecule has 2 aromatic rings. The maximum Gasteiger partial charge on any atom is 0.274 e. The predicted molar refractivity (Wildman–Crippen MR) is 106 cm³/mol. The number of ether oxygens (including phenoxy) is 1. The number of imide groups is 1. The summed E-state index contributed by atoms with van der Waals surface area (Å²) in [5.41, 5.74) is 0.419. The van der Waals surface area contributed by atoms with E-state index in [4.69, 9.17) is 16.3 Å². The molecule has 8 heteroatoms. The van der Waals surface area contributed by atoms with E-state index in [9.17, 15) is 19.2 Å². The Bertz CT molecular complexity index is 942. The molecule has 0 unspecified atom stereocenters. The van der Waals surface area contributed by atoms with Crippen molar-refractivity contribution >= 4 is 35.1 Å². The topological polar surface area (TPSA) is 84.0 Å². The molecule has 0 aliphatic carbocycles. The molecule has 2 aromatic carbocycles. The zero-order valence-electron chi connectivity index (χ0n) is 15.8. The van der Waals surface area contributed by atoms with Crippen molar-refractivity contribution in [2.24, 2.45) is 0 Å². The van der Waals surface area contributed by atoms with E-state index in [2.05, 4.69) is 0 Å². The smallest absolute Gasteiger partial charge is 0.274 e. The number of piperidine rings is 1. The molecular formula is C21H19ClN2O5. The van der Waals surface area contributed by atoms with Gasteiger partial charge in [-0.2, -0.15) is 5.01 Å². The van der Waals surface area contributed by atoms with Gasteiger partial charge in [-0.25, -0.2) is 5.01 Å². The molecule has 7 nitrogen and oxygen atoms in total. The molecule has 0 atom stereocenters. The molecule has 1 saturated heterocycles. The average molecular weight is 415 g/mol. The van der Waals surface area contributed by atoms with Gasteiger partial charge in [-0.15, -0.1) is 0 Å². The van der Waals surface area contributed by atoms with Crippen LogP contribution in [0.15, 0.2) is 48.5 Å². The monoisotopic (exact) mass is 414 g/mol. The Morgan fingerprint density at radius 2 is 1.66 bits per heavy atom. The van der Waals surface area contributed by atoms with Crippen LogP contribution in [-0.4, -0.2) is 47.2 Å². The molecule has 0 N–H and O–H groups in total. The molecule has 1 aliphatic heterocycles. The maximum absolute atomic E-state index is 13.1. The molecule has 0 aromatic heterocycles. The van der Waals surface area contributed by atoms with Crippen LogP contribution in [0.1, 0.15) is 40.0 Å². The van der Waals surface area contributed by atoms with Gasteiger partial charge in [0.25, 0.3) is 5.91 Å². The number of benzene rings is 2. The fraction of sp³-hybridized carbons (Fsp3) is 0.238. The SMILES string of the molecule is COc1ccc(C(=O)CN(C(=O)c2ccccc2Cl)N2C(=O)CCCC2=O)cc1. The number of amides is 3. The van der Waals surface area contributed by atoms with E-state index in [1.165, 1.54) is 19.2 Å². The number of ketones is 1. The van der Waals surface area contributed by atoms with Gasteiger partial charge in [0.2, 0.25) is 11.8 Å². The van der Waals surface area contributed by atoms with Gasteiger partial charge in [-0.05, 0) is 42.8 Å². The lowest BCUT2D eigenvalue weighted by molar-refractivity contribution is -0.162. The van der Waals surface area contributed by atoms with Gasteiger partial charge in [0.05, 0.1) is 17.7 Å². The number of nitrogens with zero attached hydrogens (tertiary/aromatic N) is 2. The number of methoxy groups -OCH3 is 1. The molecule has 1 heterocycles. The maximum atomic E-state index is 13.1. The van der Waals surface area contributed by atoms with Crippen molar-refractivity contribution in [3.05, 3.63) is 64.7 Å². The number of halogens is 1. The van der Waals surface area contributed by atoms with Crippen LogP contribution in [0.5, 0.6) is 5.75 Å². The van der Waals surface area contributed by atoms with E-state index in [1.54, 1.807) is 36.4 Å². The van der Waals surface area contributed by atoms with E-state index in [0.29, 0.717) is 17.7 Å². The van der Waals surface area contributed by atoms with E-state index >= 15 is 0 Å². The van der Waals surface area contributed by atoms with E-state index in [-0.39, 0.29) is 23.4 Å². The van der Waals surface area contributed by atoms with Crippen LogP contribution in [-0.2, 0) is 9.59 Å². The Morgan fingerprint density at radius 3 is 2.24 bits per heavy atom. The Balaban J connectivity index is 1.94. The summed E-state index contributed by atoms with van der Waals surface area (Å²) in [5.74, 6) is -1.60. The van der Waals surface area contributed by atoms with Gasteiger partial charge < -0.3 is 4.74 Å². The van der Waals surface area contributed by atoms with Crippen LogP contribution >= 0.6 is 11.6 Å². The first-order chi connectivity index (χ1) is 13.9. The second kappa shape index (κ2) is 8.87. The molecule has 0 spiro atoms. The molecule has 29 heavy (non-hydrogen) atoms. The van der Waals surface area contributed by atoms with Crippen LogP contribution in [0.25, 0.3) is 0 Å². The minimum absolute atomic E-state index is 0.0999. The second-order valence-corrected chi connectivity index (χ2v) is 6.85. The first-order valence-corrected chi connectivity index (χ1v) is 9.39. The van der Waals surface area contributed by atoms with E-state index in [1.807, 2.05) is 0 Å². The van der Waals surface area contributed by atoms with Crippen LogP contribution in [0.2, 0.25) is 5.02 Å². The van der Waals surface area contributed by atoms with Gasteiger partial charge in [0.15, 0.2) is 5.78 Å². The van der Waals surface area contributed by atoms with Gasteiger partial charge in [-0.1, -0.05) is 23.7 Å². The number of hydrazine groups is 1. The summed E-state index contributed by atoms with van der Waals surface area (Å²) >= 11 is 6.13. The second-order valence-electron chi connectivity index (χ2n) is 6.45. The number of hydrogen-bond donors (Lipinski definition) is 0. The first kappa shape index (κ1) is 20.5. The highest BCUT2D eigenvalue weighted by atomic mass is 35.5. The van der Waals surface area contributed by atoms with Crippen molar-refractivity contribution in [3.8, 4) is 5.75 Å². The standard InChI is InChI=1S/C21H19ClN2O5/c1-29-15-11-9-14(10-12-15)18(25)13-23(24-19(26)7-4-8-20(24)27)21(28)16-5-2-3-6-17(16)22/h2-3,5-6,9-12H,4,7-8,13H2,1H3. The highest BCUT2D eigenvalue weighted by molar-refractivity contribution is 6.34. The van der Waals surface area contributed by atoms with Crippen LogP contribution in [0, 0.1) is 0 Å². The minimum atomic E-state index is -0.693. The van der Waals surface area contributed by atoms with Crippen LogP contribution in [0.3, 0.4) is 0 Å². The third-order valence-electron chi connectivity index (χ3n) is 4.54. The number of hydrogen-bond acceptors (Lipinski definition) is 5. The van der Waals surface area contributed by atoms with E-state index in [0.717, 1.165) is 10.0 Å². The van der Waals surface area contributed by atoms with Crippen molar-refractivity contribution in [3.63, 3.8) is 0 Å². The zero-order valence-corrected chi connectivity index (χ0v) is 16.5. The Labute approximate surface area is 172 Å². The van der Waals surface area contributed by atoms with Crippen LogP contribution in [0.4, 0.5) is 0 Å². The fourth-order valence-electron chi connectivity index (χ4n) is 3.02. The number of carbonyl (C=O) groups excluding carboxylic acids is 4. The first-order valence-electron chi connectivity index (χ1n) is 9.01. The van der Waals surface area contributed by atoms with Gasteiger partial charge in [0.1, 0.15) is 12.3 Å². The third-order valence-corrected chi connectivity index (χ3v) is 4.87. The fourth-order valence-corrected chi connectivity index (χ4v) is 3.24. The number of Topliss-reactive ketones (excluding diaryl/α,β-unsaturated/α-hetero) is 1. The molecule has 0 radical (unpaired) electrons. The Hall–Kier alpha value is -3.19. The molecule has 3 amide bonds. The lowest BCUT2D eigenvalue weighted by Gasteiger charge is -2.35. The largest absolute Gasteiger partial charge is 0.497 e. The minimum Gasteiger partial charge on any atom is -0.497 e. The average Bonchev–Trinajstić information content (AvgIpc) is 2.72. The van der Waals surface area contributed by atoms with Crippen molar-refractivity contribution in [1.82, 2.24) is 10.0 Å². The van der Waals surface area contributed by atoms with Crippen molar-refractivity contribution in [2.75, 3.05) is 13.7 Å². The lowest BCUT2D eigenvalue weighted by atomic mass is 10.1. The summed E-state index contributed by atoms with van der Waals surface area (Å²) in [5, 5.41) is 1.82. The summed E-state index contributed by atoms with van der Waals surface area (Å²) < 4.78 is 5.07. The molecule has 0 bridgehead atoms. The molecular weight excluding hydrogens is 396 g/mol. The third kappa shape index (κ3) is 4.46. The quantitative estimate of drug-likeness (QED) is 0.535. The van der Waals surface area contributed by atoms with E-state index < -0.39 is 30.0 Å². The summed E-state index contributed by atoms with van der Waals surface area (Å²) in [6, 6.07) is 12.6. The van der Waals surface area contributed by atoms with Crippen molar-refractivity contribution in [1.29, 1.82) is 0 Å². The molecule has 150 valence electrons. The lowest BCUT2D eigenvalue weighted by Crippen LogP contribution is -2.56. The Morgan fingerprint density at radius 1 is 1.03 bits per heavy atom. The summed E-state index contributed by atoms with van der Waals surface area (Å²) in [4.78, 5) is 50.8. The van der Waals surface area contributed by atoms with Gasteiger partial charge in [-0.3, -0.25) is 19.2 Å². The predicted octanol–water partition coefficient (Wildman–Crippen LogP) is 3.13. The van der Waals surface area contributed by atoms with Crippen molar-refractivity contribution in [2.45, 2.75) is 19.3 Å². The normalized spacial score (nSPS) is 13.9. The highest BCUT2D eigenvalue weighted by Gasteiger charge is 2.36. The molecule has 3 rings (SSSR count).